The van der Waals surface area contributed by atoms with Crippen LogP contribution in [0.4, 0.5) is 5.69 Å². The van der Waals surface area contributed by atoms with Gasteiger partial charge in [0.05, 0.1) is 12.0 Å². The third-order valence-electron chi connectivity index (χ3n) is 2.45. The molecule has 0 saturated carbocycles. The highest BCUT2D eigenvalue weighted by molar-refractivity contribution is 5.76. The van der Waals surface area contributed by atoms with Gasteiger partial charge in [0.25, 0.3) is 0 Å². The lowest BCUT2D eigenvalue weighted by molar-refractivity contribution is -0.385. The average Bonchev–Trinajstić information content (AvgIpc) is 2.37. The number of hydrogen-bond acceptors (Lipinski definition) is 5. The number of methoxy groups -OCH3 is 1. The van der Waals surface area contributed by atoms with E-state index in [2.05, 4.69) is 5.32 Å². The highest BCUT2D eigenvalue weighted by Crippen LogP contribution is 2.27. The molecule has 0 bridgehead atoms. The first-order chi connectivity index (χ1) is 8.99. The molecule has 0 radical (unpaired) electrons. The number of hydrogen-bond donors (Lipinski definition) is 2. The van der Waals surface area contributed by atoms with Gasteiger partial charge in [-0.2, -0.15) is 0 Å². The monoisotopic (exact) mass is 268 g/mol. The number of aliphatic carboxylic acids is 1. The summed E-state index contributed by atoms with van der Waals surface area (Å²) in [6.07, 6.45) is 0.218. The van der Waals surface area contributed by atoms with Crippen molar-refractivity contribution in [2.75, 3.05) is 7.11 Å². The number of ether oxygens (including phenoxy) is 1. The Bertz CT molecular complexity index is 502. The van der Waals surface area contributed by atoms with E-state index in [4.69, 9.17) is 9.84 Å². The van der Waals surface area contributed by atoms with Crippen LogP contribution in [-0.4, -0.2) is 35.6 Å². The van der Waals surface area contributed by atoms with Gasteiger partial charge < -0.3 is 15.2 Å². The predicted molar refractivity (Wildman–Crippen MR) is 64.0 cm³/mol. The number of nitro groups is 1. The van der Waals surface area contributed by atoms with Crippen LogP contribution in [0.5, 0.6) is 5.75 Å². The Morgan fingerprint density at radius 1 is 1.63 bits per heavy atom. The number of nitro benzene ring substituents is 1. The molecule has 0 spiro atoms. The van der Waals surface area contributed by atoms with Gasteiger partial charge in [-0.25, -0.2) is 4.79 Å². The molecular formula is C11H12N2O6. The molecule has 102 valence electrons. The summed E-state index contributed by atoms with van der Waals surface area (Å²) >= 11 is 0. The van der Waals surface area contributed by atoms with Gasteiger partial charge in [0.2, 0.25) is 6.41 Å². The van der Waals surface area contributed by atoms with E-state index in [9.17, 15) is 19.7 Å². The summed E-state index contributed by atoms with van der Waals surface area (Å²) in [4.78, 5) is 31.3. The highest BCUT2D eigenvalue weighted by atomic mass is 16.6. The number of carbonyl (C=O) groups is 2. The Morgan fingerprint density at radius 2 is 2.32 bits per heavy atom. The van der Waals surface area contributed by atoms with Crippen molar-refractivity contribution in [3.05, 3.63) is 33.9 Å². The van der Waals surface area contributed by atoms with Crippen LogP contribution in [0, 0.1) is 10.1 Å². The molecule has 1 unspecified atom stereocenters. The van der Waals surface area contributed by atoms with Gasteiger partial charge in [0.15, 0.2) is 5.75 Å². The van der Waals surface area contributed by atoms with E-state index in [1.54, 1.807) is 0 Å². The fraction of sp³-hybridized carbons (Fsp3) is 0.273. The first-order valence-corrected chi connectivity index (χ1v) is 5.23. The largest absolute Gasteiger partial charge is 0.490 e. The molecule has 0 aliphatic carbocycles. The molecule has 1 atom stereocenters. The third-order valence-corrected chi connectivity index (χ3v) is 2.45. The summed E-state index contributed by atoms with van der Waals surface area (Å²) in [5.41, 5.74) is 0.157. The minimum absolute atomic E-state index is 0.0566. The Morgan fingerprint density at radius 3 is 2.79 bits per heavy atom. The predicted octanol–water partition coefficient (Wildman–Crippen LogP) is 0.345. The van der Waals surface area contributed by atoms with Crippen molar-refractivity contribution in [2.45, 2.75) is 12.5 Å². The summed E-state index contributed by atoms with van der Waals surface area (Å²) in [6.45, 7) is 0. The molecule has 0 aliphatic rings. The zero-order chi connectivity index (χ0) is 14.4. The molecular weight excluding hydrogens is 256 g/mol. The van der Waals surface area contributed by atoms with E-state index >= 15 is 0 Å². The number of benzene rings is 1. The van der Waals surface area contributed by atoms with Crippen LogP contribution in [0.25, 0.3) is 0 Å². The number of amides is 1. The van der Waals surface area contributed by atoms with Gasteiger partial charge in [-0.05, 0) is 11.6 Å². The fourth-order valence-electron chi connectivity index (χ4n) is 1.54. The summed E-state index contributed by atoms with van der Waals surface area (Å²) in [7, 11) is 1.30. The number of carbonyl (C=O) groups excluding carboxylic acids is 1. The zero-order valence-corrected chi connectivity index (χ0v) is 10.0. The number of carboxylic acids is 1. The van der Waals surface area contributed by atoms with Gasteiger partial charge >= 0.3 is 11.7 Å². The maximum absolute atomic E-state index is 10.9. The summed E-state index contributed by atoms with van der Waals surface area (Å²) in [5, 5.41) is 21.8. The summed E-state index contributed by atoms with van der Waals surface area (Å²) < 4.78 is 4.83. The van der Waals surface area contributed by atoms with E-state index in [1.165, 1.54) is 25.3 Å². The van der Waals surface area contributed by atoms with Gasteiger partial charge in [-0.1, -0.05) is 6.07 Å². The third kappa shape index (κ3) is 3.66. The second-order valence-corrected chi connectivity index (χ2v) is 3.64. The molecule has 0 heterocycles. The van der Waals surface area contributed by atoms with E-state index in [0.717, 1.165) is 0 Å². The van der Waals surface area contributed by atoms with Crippen LogP contribution in [0.2, 0.25) is 0 Å². The van der Waals surface area contributed by atoms with E-state index in [-0.39, 0.29) is 24.3 Å². The lowest BCUT2D eigenvalue weighted by Gasteiger charge is -2.11. The van der Waals surface area contributed by atoms with Crippen molar-refractivity contribution in [2.24, 2.45) is 0 Å². The molecule has 0 aromatic heterocycles. The van der Waals surface area contributed by atoms with Crippen LogP contribution in [0.1, 0.15) is 5.56 Å². The zero-order valence-electron chi connectivity index (χ0n) is 10.0. The van der Waals surface area contributed by atoms with Crippen molar-refractivity contribution in [1.82, 2.24) is 5.32 Å². The molecule has 0 fully saturated rings. The van der Waals surface area contributed by atoms with Crippen molar-refractivity contribution in [1.29, 1.82) is 0 Å². The first kappa shape index (κ1) is 14.4. The Kier molecular flexibility index (Phi) is 4.81. The molecule has 1 rings (SSSR count). The molecule has 0 saturated heterocycles. The topological polar surface area (TPSA) is 119 Å². The minimum atomic E-state index is -1.22. The molecule has 1 aromatic carbocycles. The second-order valence-electron chi connectivity index (χ2n) is 3.64. The summed E-state index contributed by atoms with van der Waals surface area (Å²) in [5.74, 6) is -1.13. The number of nitrogens with one attached hydrogen (secondary N) is 1. The maximum Gasteiger partial charge on any atom is 0.326 e. The maximum atomic E-state index is 10.9. The lowest BCUT2D eigenvalue weighted by atomic mass is 10.1. The first-order valence-electron chi connectivity index (χ1n) is 5.23. The molecule has 8 nitrogen and oxygen atoms in total. The summed E-state index contributed by atoms with van der Waals surface area (Å²) in [6, 6.07) is 2.98. The molecule has 19 heavy (non-hydrogen) atoms. The quantitative estimate of drug-likeness (QED) is 0.418. The molecule has 8 heteroatoms. The molecule has 1 amide bonds. The Labute approximate surface area is 108 Å². The van der Waals surface area contributed by atoms with Crippen molar-refractivity contribution >= 4 is 18.1 Å². The second kappa shape index (κ2) is 6.34. The van der Waals surface area contributed by atoms with Crippen molar-refractivity contribution < 1.29 is 24.4 Å². The highest BCUT2D eigenvalue weighted by Gasteiger charge is 2.20. The SMILES string of the molecule is COc1ccc(CC(NC=O)C(=O)O)cc1[N+](=O)[O-]. The van der Waals surface area contributed by atoms with E-state index < -0.39 is 16.9 Å². The van der Waals surface area contributed by atoms with Gasteiger partial charge in [0.1, 0.15) is 6.04 Å². The van der Waals surface area contributed by atoms with Crippen molar-refractivity contribution in [3.63, 3.8) is 0 Å². The standard InChI is InChI=1S/C11H12N2O6/c1-19-10-3-2-7(5-9(10)13(17)18)4-8(11(15)16)12-6-14/h2-3,5-6,8H,4H2,1H3,(H,12,14)(H,15,16). The van der Waals surface area contributed by atoms with Gasteiger partial charge in [-0.15, -0.1) is 0 Å². The van der Waals surface area contributed by atoms with Crippen molar-refractivity contribution in [3.8, 4) is 5.75 Å². The number of rotatable bonds is 7. The van der Waals surface area contributed by atoms with Crippen LogP contribution >= 0.6 is 0 Å². The minimum Gasteiger partial charge on any atom is -0.490 e. The Hall–Kier alpha value is -2.64. The molecule has 1 aromatic rings. The van der Waals surface area contributed by atoms with Gasteiger partial charge in [0, 0.05) is 12.5 Å². The van der Waals surface area contributed by atoms with E-state index in [0.29, 0.717) is 5.56 Å². The van der Waals surface area contributed by atoms with Crippen LogP contribution in [0.15, 0.2) is 18.2 Å². The van der Waals surface area contributed by atoms with Crippen LogP contribution < -0.4 is 10.1 Å². The van der Waals surface area contributed by atoms with Crippen LogP contribution in [0.3, 0.4) is 0 Å². The van der Waals surface area contributed by atoms with E-state index in [1.807, 2.05) is 0 Å². The number of nitrogens with zero attached hydrogens (tertiary/aromatic N) is 1. The lowest BCUT2D eigenvalue weighted by Crippen LogP contribution is -2.37. The molecule has 0 aliphatic heterocycles. The van der Waals surface area contributed by atoms with Gasteiger partial charge in [-0.3, -0.25) is 14.9 Å². The average molecular weight is 268 g/mol. The van der Waals surface area contributed by atoms with Crippen LogP contribution in [-0.2, 0) is 16.0 Å². The normalized spacial score (nSPS) is 11.4. The smallest absolute Gasteiger partial charge is 0.326 e. The molecule has 2 N–H and O–H groups in total. The Balaban J connectivity index is 3.01. The number of carboxylic acid groups (broad SMARTS) is 1. The fourth-order valence-corrected chi connectivity index (χ4v) is 1.54.